The first-order valence-electron chi connectivity index (χ1n) is 3.27. The zero-order valence-corrected chi connectivity index (χ0v) is 5.61. The van der Waals surface area contributed by atoms with Gasteiger partial charge in [-0.15, -0.1) is 0 Å². The fraction of sp³-hybridized carbons (Fsp3) is 0.833. The molecule has 1 amide bonds. The largest absolute Gasteiger partial charge is 0.352 e. The highest BCUT2D eigenvalue weighted by atomic mass is 16.1. The number of carbonyl (C=O) groups is 1. The summed E-state index contributed by atoms with van der Waals surface area (Å²) in [5.41, 5.74) is 0. The molecule has 0 aromatic heterocycles. The van der Waals surface area contributed by atoms with E-state index in [4.69, 9.17) is 0 Å². The van der Waals surface area contributed by atoms with Gasteiger partial charge in [-0.3, -0.25) is 4.79 Å². The average Bonchev–Trinajstić information content (AvgIpc) is 2.15. The molecule has 0 aromatic carbocycles. The van der Waals surface area contributed by atoms with Gasteiger partial charge < -0.3 is 10.6 Å². The van der Waals surface area contributed by atoms with Crippen LogP contribution in [0.5, 0.6) is 0 Å². The third-order valence-electron chi connectivity index (χ3n) is 1.47. The number of hydrogen-bond acceptors (Lipinski definition) is 2. The number of rotatable bonds is 1. The molecule has 0 radical (unpaired) electrons. The van der Waals surface area contributed by atoms with Crippen LogP contribution in [0.3, 0.4) is 0 Å². The van der Waals surface area contributed by atoms with Gasteiger partial charge in [0.05, 0.1) is 0 Å². The Bertz CT molecular complexity index is 115. The van der Waals surface area contributed by atoms with Crippen LogP contribution in [0.4, 0.5) is 0 Å². The van der Waals surface area contributed by atoms with E-state index < -0.39 is 0 Å². The van der Waals surface area contributed by atoms with Crippen molar-refractivity contribution in [1.82, 2.24) is 10.6 Å². The van der Waals surface area contributed by atoms with Gasteiger partial charge >= 0.3 is 0 Å². The Morgan fingerprint density at radius 2 is 2.67 bits per heavy atom. The van der Waals surface area contributed by atoms with Crippen molar-refractivity contribution in [3.8, 4) is 0 Å². The Balaban J connectivity index is 0. The standard InChI is InChI=1S/C6H12N2O.2H2/c1-5(9)8-6-2-3-7-4-6;;/h6-7H,2-4H2,1H3,(H,8,9);2*1H/t6-;;/m0../s1. The zero-order chi connectivity index (χ0) is 6.69. The van der Waals surface area contributed by atoms with Gasteiger partial charge in [-0.25, -0.2) is 0 Å². The summed E-state index contributed by atoms with van der Waals surface area (Å²) >= 11 is 0. The second-order valence-electron chi connectivity index (χ2n) is 2.39. The summed E-state index contributed by atoms with van der Waals surface area (Å²) in [5, 5.41) is 6.00. The minimum Gasteiger partial charge on any atom is -0.352 e. The van der Waals surface area contributed by atoms with E-state index in [1.54, 1.807) is 6.92 Å². The van der Waals surface area contributed by atoms with Crippen molar-refractivity contribution in [2.75, 3.05) is 13.1 Å². The summed E-state index contributed by atoms with van der Waals surface area (Å²) in [5.74, 6) is 0.0729. The van der Waals surface area contributed by atoms with Gasteiger partial charge in [-0.05, 0) is 13.0 Å². The first kappa shape index (κ1) is 6.55. The van der Waals surface area contributed by atoms with Crippen LogP contribution in [-0.2, 0) is 4.79 Å². The molecule has 1 aliphatic heterocycles. The van der Waals surface area contributed by atoms with E-state index in [1.165, 1.54) is 0 Å². The van der Waals surface area contributed by atoms with Crippen LogP contribution < -0.4 is 10.6 Å². The second-order valence-corrected chi connectivity index (χ2v) is 2.39. The second kappa shape index (κ2) is 2.82. The number of amides is 1. The lowest BCUT2D eigenvalue weighted by Crippen LogP contribution is -2.34. The summed E-state index contributed by atoms with van der Waals surface area (Å²) in [6, 6.07) is 0.377. The first-order valence-corrected chi connectivity index (χ1v) is 3.27. The smallest absolute Gasteiger partial charge is 0.217 e. The van der Waals surface area contributed by atoms with Crippen LogP contribution in [0.25, 0.3) is 0 Å². The predicted octanol–water partition coefficient (Wildman–Crippen LogP) is -0.0236. The van der Waals surface area contributed by atoms with E-state index in [0.29, 0.717) is 6.04 Å². The lowest BCUT2D eigenvalue weighted by molar-refractivity contribution is -0.119. The highest BCUT2D eigenvalue weighted by Crippen LogP contribution is 1.95. The molecule has 1 aliphatic rings. The third-order valence-corrected chi connectivity index (χ3v) is 1.47. The molecule has 1 rings (SSSR count). The highest BCUT2D eigenvalue weighted by Gasteiger charge is 2.13. The fourth-order valence-corrected chi connectivity index (χ4v) is 1.07. The quantitative estimate of drug-likeness (QED) is 0.526. The molecule has 1 heterocycles. The monoisotopic (exact) mass is 132 g/mol. The van der Waals surface area contributed by atoms with Crippen LogP contribution in [0, 0.1) is 0 Å². The Morgan fingerprint density at radius 1 is 1.89 bits per heavy atom. The summed E-state index contributed by atoms with van der Waals surface area (Å²) in [6.45, 7) is 3.52. The van der Waals surface area contributed by atoms with Gasteiger partial charge in [-0.2, -0.15) is 0 Å². The maximum atomic E-state index is 10.5. The molecule has 1 fully saturated rings. The van der Waals surface area contributed by atoms with E-state index in [-0.39, 0.29) is 8.76 Å². The highest BCUT2D eigenvalue weighted by molar-refractivity contribution is 5.73. The molecule has 9 heavy (non-hydrogen) atoms. The average molecular weight is 132 g/mol. The molecule has 0 unspecified atom stereocenters. The molecule has 2 N–H and O–H groups in total. The maximum Gasteiger partial charge on any atom is 0.217 e. The van der Waals surface area contributed by atoms with Crippen LogP contribution >= 0.6 is 0 Å². The van der Waals surface area contributed by atoms with Crippen molar-refractivity contribution in [2.24, 2.45) is 0 Å². The summed E-state index contributed by atoms with van der Waals surface area (Å²) in [4.78, 5) is 10.5. The normalized spacial score (nSPS) is 26.1. The molecule has 0 spiro atoms. The van der Waals surface area contributed by atoms with E-state index in [2.05, 4.69) is 10.6 Å². The van der Waals surface area contributed by atoms with Gasteiger partial charge in [0.25, 0.3) is 0 Å². The van der Waals surface area contributed by atoms with Crippen molar-refractivity contribution in [3.05, 3.63) is 0 Å². The fourth-order valence-electron chi connectivity index (χ4n) is 1.07. The van der Waals surface area contributed by atoms with Gasteiger partial charge in [0.1, 0.15) is 0 Å². The van der Waals surface area contributed by atoms with Crippen LogP contribution in [0.15, 0.2) is 0 Å². The van der Waals surface area contributed by atoms with Crippen molar-refractivity contribution in [1.29, 1.82) is 0 Å². The Hall–Kier alpha value is -0.570. The molecule has 3 nitrogen and oxygen atoms in total. The minimum absolute atomic E-state index is 0. The Morgan fingerprint density at radius 3 is 3.11 bits per heavy atom. The zero-order valence-electron chi connectivity index (χ0n) is 5.61. The van der Waals surface area contributed by atoms with Gasteiger partial charge in [0.2, 0.25) is 5.91 Å². The number of hydrogen-bond donors (Lipinski definition) is 2. The van der Waals surface area contributed by atoms with E-state index in [1.807, 2.05) is 0 Å². The molecule has 1 saturated heterocycles. The van der Waals surface area contributed by atoms with Crippen molar-refractivity contribution in [2.45, 2.75) is 19.4 Å². The first-order chi connectivity index (χ1) is 4.29. The van der Waals surface area contributed by atoms with Crippen LogP contribution in [0.2, 0.25) is 0 Å². The SMILES string of the molecule is CC(=O)N[C@H]1CCNC1.[HH].[HH]. The van der Waals surface area contributed by atoms with Crippen molar-refractivity contribution >= 4 is 5.91 Å². The molecule has 0 aliphatic carbocycles. The van der Waals surface area contributed by atoms with Crippen LogP contribution in [-0.4, -0.2) is 25.0 Å². The van der Waals surface area contributed by atoms with Gasteiger partial charge in [0.15, 0.2) is 0 Å². The van der Waals surface area contributed by atoms with Crippen LogP contribution in [0.1, 0.15) is 16.2 Å². The van der Waals surface area contributed by atoms with E-state index >= 15 is 0 Å². The topological polar surface area (TPSA) is 41.1 Å². The molecule has 3 heteroatoms. The predicted molar refractivity (Wildman–Crippen MR) is 39.3 cm³/mol. The lowest BCUT2D eigenvalue weighted by atomic mass is 10.3. The van der Waals surface area contributed by atoms with E-state index in [9.17, 15) is 4.79 Å². The van der Waals surface area contributed by atoms with Crippen molar-refractivity contribution < 1.29 is 7.65 Å². The molecular weight excluding hydrogens is 116 g/mol. The van der Waals surface area contributed by atoms with Gasteiger partial charge in [0, 0.05) is 22.4 Å². The van der Waals surface area contributed by atoms with Gasteiger partial charge in [-0.1, -0.05) is 0 Å². The molecule has 0 saturated carbocycles. The molecule has 0 aromatic rings. The number of carbonyl (C=O) groups excluding carboxylic acids is 1. The summed E-state index contributed by atoms with van der Waals surface area (Å²) in [6.07, 6.45) is 1.07. The number of nitrogens with one attached hydrogen (secondary N) is 2. The maximum absolute atomic E-state index is 10.5. The molecular formula is C6H16N2O. The minimum atomic E-state index is 0. The lowest BCUT2D eigenvalue weighted by Gasteiger charge is -2.07. The summed E-state index contributed by atoms with van der Waals surface area (Å²) < 4.78 is 0. The Kier molecular flexibility index (Phi) is 2.05. The van der Waals surface area contributed by atoms with E-state index in [0.717, 1.165) is 19.5 Å². The summed E-state index contributed by atoms with van der Waals surface area (Å²) in [7, 11) is 0. The Labute approximate surface area is 57.8 Å². The molecule has 1 atom stereocenters. The third kappa shape index (κ3) is 2.01. The van der Waals surface area contributed by atoms with Crippen molar-refractivity contribution in [3.63, 3.8) is 0 Å². The molecule has 0 bridgehead atoms. The molecule has 56 valence electrons.